The number of anilines is 2. The highest BCUT2D eigenvalue weighted by molar-refractivity contribution is 5.98. The number of carbonyl (C=O) groups is 1. The zero-order valence-corrected chi connectivity index (χ0v) is 26.3. The molecule has 0 saturated heterocycles. The number of halogens is 2. The molecular weight excluding hydrogens is 588 g/mol. The zero-order valence-electron chi connectivity index (χ0n) is 26.3. The van der Waals surface area contributed by atoms with Crippen LogP contribution in [-0.2, 0) is 4.79 Å². The SMILES string of the molecule is CN(C)CCNc1cc(F)cc(-c2nccc3[nH]c(-c4[nH]nc5c(F)cc(-c6cncc(NC(=O)CC(C)(C)C)c6)cc45)nc23)c1. The summed E-state index contributed by atoms with van der Waals surface area (Å²) in [7, 11) is 3.95. The molecule has 0 atom stereocenters. The van der Waals surface area contributed by atoms with E-state index in [0.29, 0.717) is 74.7 Å². The molecule has 0 bridgehead atoms. The van der Waals surface area contributed by atoms with Gasteiger partial charge in [0.2, 0.25) is 5.91 Å². The Morgan fingerprint density at radius 1 is 0.957 bits per heavy atom. The van der Waals surface area contributed by atoms with E-state index in [2.05, 4.69) is 35.8 Å². The van der Waals surface area contributed by atoms with E-state index < -0.39 is 11.6 Å². The maximum absolute atomic E-state index is 15.4. The zero-order chi connectivity index (χ0) is 32.6. The fourth-order valence-corrected chi connectivity index (χ4v) is 5.29. The number of fused-ring (bicyclic) bond motifs is 2. The molecule has 6 rings (SSSR count). The number of H-pyrrole nitrogens is 2. The highest BCUT2D eigenvalue weighted by Gasteiger charge is 2.20. The molecule has 1 amide bonds. The van der Waals surface area contributed by atoms with Crippen molar-refractivity contribution >= 4 is 39.2 Å². The van der Waals surface area contributed by atoms with Crippen molar-refractivity contribution in [2.24, 2.45) is 5.41 Å². The van der Waals surface area contributed by atoms with Crippen LogP contribution in [0.25, 0.3) is 55.8 Å². The van der Waals surface area contributed by atoms with Crippen LogP contribution < -0.4 is 10.6 Å². The quantitative estimate of drug-likeness (QED) is 0.139. The van der Waals surface area contributed by atoms with Crippen LogP contribution in [0.3, 0.4) is 0 Å². The Balaban J connectivity index is 1.35. The van der Waals surface area contributed by atoms with Crippen molar-refractivity contribution < 1.29 is 13.6 Å². The van der Waals surface area contributed by atoms with E-state index in [1.54, 1.807) is 36.8 Å². The molecule has 0 radical (unpaired) electrons. The summed E-state index contributed by atoms with van der Waals surface area (Å²) in [4.78, 5) is 31.5. The standard InChI is InChI=1S/C34H35F2N9O/c1-34(2,3)16-28(46)40-24-12-21(17-37-18-24)19-13-25-30(26(36)14-19)43-44-31(25)33-41-27-6-7-39-29(32(27)42-33)20-10-22(35)15-23(11-20)38-8-9-45(4)5/h6-7,10-15,17-18,38H,8-9,16H2,1-5H3,(H,40,46)(H,41,42)(H,43,44). The fraction of sp³-hybridized carbons (Fsp3) is 0.265. The van der Waals surface area contributed by atoms with Gasteiger partial charge in [0, 0.05) is 54.1 Å². The van der Waals surface area contributed by atoms with Gasteiger partial charge in [0.25, 0.3) is 0 Å². The van der Waals surface area contributed by atoms with E-state index in [9.17, 15) is 9.18 Å². The van der Waals surface area contributed by atoms with Crippen molar-refractivity contribution in [1.29, 1.82) is 0 Å². The molecule has 10 nitrogen and oxygen atoms in total. The number of hydrogen-bond donors (Lipinski definition) is 4. The van der Waals surface area contributed by atoms with Gasteiger partial charge in [-0.1, -0.05) is 20.8 Å². The summed E-state index contributed by atoms with van der Waals surface area (Å²) < 4.78 is 30.1. The molecule has 0 aliphatic heterocycles. The Kier molecular flexibility index (Phi) is 8.22. The van der Waals surface area contributed by atoms with Crippen LogP contribution in [0.5, 0.6) is 0 Å². The lowest BCUT2D eigenvalue weighted by atomic mass is 9.92. The summed E-state index contributed by atoms with van der Waals surface area (Å²) in [6, 6.07) is 11.4. The van der Waals surface area contributed by atoms with Crippen molar-refractivity contribution in [3.05, 3.63) is 72.7 Å². The van der Waals surface area contributed by atoms with E-state index >= 15 is 4.39 Å². The molecule has 4 N–H and O–H groups in total. The molecule has 4 aromatic heterocycles. The molecule has 6 aromatic rings. The Labute approximate surface area is 264 Å². The first-order chi connectivity index (χ1) is 21.9. The molecular formula is C34H35F2N9O. The van der Waals surface area contributed by atoms with Gasteiger partial charge in [-0.25, -0.2) is 13.8 Å². The van der Waals surface area contributed by atoms with Gasteiger partial charge in [-0.2, -0.15) is 5.10 Å². The number of carbonyl (C=O) groups excluding carboxylic acids is 1. The molecule has 0 aliphatic carbocycles. The van der Waals surface area contributed by atoms with Gasteiger partial charge in [0.1, 0.15) is 22.5 Å². The second-order valence-electron chi connectivity index (χ2n) is 12.8. The molecule has 0 saturated carbocycles. The van der Waals surface area contributed by atoms with Crippen LogP contribution in [0.2, 0.25) is 0 Å². The first-order valence-electron chi connectivity index (χ1n) is 14.9. The van der Waals surface area contributed by atoms with E-state index in [4.69, 9.17) is 4.98 Å². The summed E-state index contributed by atoms with van der Waals surface area (Å²) in [5.74, 6) is -0.622. The van der Waals surface area contributed by atoms with E-state index in [1.807, 2.05) is 45.8 Å². The Morgan fingerprint density at radius 3 is 2.54 bits per heavy atom. The van der Waals surface area contributed by atoms with Gasteiger partial charge >= 0.3 is 0 Å². The van der Waals surface area contributed by atoms with Gasteiger partial charge in [0.05, 0.1) is 23.1 Å². The maximum atomic E-state index is 15.4. The Morgan fingerprint density at radius 2 is 1.76 bits per heavy atom. The van der Waals surface area contributed by atoms with E-state index in [1.165, 1.54) is 18.2 Å². The predicted octanol–water partition coefficient (Wildman–Crippen LogP) is 6.86. The number of nitrogens with zero attached hydrogens (tertiary/aromatic N) is 5. The van der Waals surface area contributed by atoms with Crippen molar-refractivity contribution in [3.8, 4) is 33.9 Å². The lowest BCUT2D eigenvalue weighted by molar-refractivity contribution is -0.117. The summed E-state index contributed by atoms with van der Waals surface area (Å²) in [6.07, 6.45) is 5.15. The first-order valence-corrected chi connectivity index (χ1v) is 14.9. The number of benzene rings is 2. The number of amides is 1. The number of aromatic amines is 2. The lowest BCUT2D eigenvalue weighted by Gasteiger charge is -2.17. The van der Waals surface area contributed by atoms with Crippen LogP contribution in [0.1, 0.15) is 27.2 Å². The summed E-state index contributed by atoms with van der Waals surface area (Å²) in [6.45, 7) is 7.41. The van der Waals surface area contributed by atoms with Crippen LogP contribution in [0.4, 0.5) is 20.2 Å². The number of pyridine rings is 2. The third-order valence-corrected chi connectivity index (χ3v) is 7.36. The smallest absolute Gasteiger partial charge is 0.224 e. The third-order valence-electron chi connectivity index (χ3n) is 7.36. The predicted molar refractivity (Wildman–Crippen MR) is 177 cm³/mol. The molecule has 4 heterocycles. The second kappa shape index (κ2) is 12.3. The van der Waals surface area contributed by atoms with Gasteiger partial charge in [-0.15, -0.1) is 0 Å². The molecule has 236 valence electrons. The summed E-state index contributed by atoms with van der Waals surface area (Å²) >= 11 is 0. The number of nitrogens with one attached hydrogen (secondary N) is 4. The van der Waals surface area contributed by atoms with Gasteiger partial charge in [0.15, 0.2) is 11.6 Å². The minimum absolute atomic E-state index is 0.126. The minimum atomic E-state index is -0.523. The molecule has 12 heteroatoms. The normalized spacial score (nSPS) is 11.9. The van der Waals surface area contributed by atoms with Crippen LogP contribution in [-0.4, -0.2) is 68.1 Å². The Bertz CT molecular complexity index is 2060. The average molecular weight is 624 g/mol. The average Bonchev–Trinajstić information content (AvgIpc) is 3.60. The molecule has 0 fully saturated rings. The maximum Gasteiger partial charge on any atom is 0.224 e. The van der Waals surface area contributed by atoms with Crippen molar-refractivity contribution in [1.82, 2.24) is 35.0 Å². The number of hydrogen-bond acceptors (Lipinski definition) is 7. The van der Waals surface area contributed by atoms with E-state index in [-0.39, 0.29) is 16.8 Å². The minimum Gasteiger partial charge on any atom is -0.384 e. The van der Waals surface area contributed by atoms with E-state index in [0.717, 1.165) is 6.54 Å². The monoisotopic (exact) mass is 623 g/mol. The van der Waals surface area contributed by atoms with Gasteiger partial charge in [-0.3, -0.25) is 19.9 Å². The topological polar surface area (TPSA) is 128 Å². The molecule has 46 heavy (non-hydrogen) atoms. The van der Waals surface area contributed by atoms with Gasteiger partial charge in [-0.05, 0) is 67.5 Å². The largest absolute Gasteiger partial charge is 0.384 e. The molecule has 2 aromatic carbocycles. The Hall–Kier alpha value is -5.23. The van der Waals surface area contributed by atoms with Crippen LogP contribution in [0, 0.1) is 17.0 Å². The van der Waals surface area contributed by atoms with Crippen molar-refractivity contribution in [2.75, 3.05) is 37.8 Å². The van der Waals surface area contributed by atoms with Crippen molar-refractivity contribution in [3.63, 3.8) is 0 Å². The summed E-state index contributed by atoms with van der Waals surface area (Å²) in [5.41, 5.74) is 5.08. The van der Waals surface area contributed by atoms with Gasteiger partial charge < -0.3 is 20.5 Å². The number of imidazole rings is 1. The second-order valence-corrected chi connectivity index (χ2v) is 12.8. The molecule has 0 unspecified atom stereocenters. The lowest BCUT2D eigenvalue weighted by Crippen LogP contribution is -2.20. The van der Waals surface area contributed by atoms with Crippen molar-refractivity contribution in [2.45, 2.75) is 27.2 Å². The number of rotatable bonds is 9. The molecule has 0 aliphatic rings. The molecule has 0 spiro atoms. The summed E-state index contributed by atoms with van der Waals surface area (Å²) in [5, 5.41) is 13.8. The fourth-order valence-electron chi connectivity index (χ4n) is 5.29. The number of likely N-dealkylation sites (N-methyl/N-ethyl adjacent to an activating group) is 1. The highest BCUT2D eigenvalue weighted by Crippen LogP contribution is 2.35. The number of aromatic nitrogens is 6. The highest BCUT2D eigenvalue weighted by atomic mass is 19.1. The first kappa shape index (κ1) is 30.8. The van der Waals surface area contributed by atoms with Crippen LogP contribution in [0.15, 0.2) is 61.1 Å². The van der Waals surface area contributed by atoms with Crippen LogP contribution >= 0.6 is 0 Å². The third kappa shape index (κ3) is 6.71.